The summed E-state index contributed by atoms with van der Waals surface area (Å²) in [5.74, 6) is 2.35. The SMILES string of the molecule is Nc1ccc2ncnc(NCCc3ccccc3Oc3ccc(Cl)cc3)c2c1. The fourth-order valence-electron chi connectivity index (χ4n) is 2.97. The Bertz CT molecular complexity index is 1100. The quantitative estimate of drug-likeness (QED) is 0.436. The van der Waals surface area contributed by atoms with Crippen molar-refractivity contribution in [1.82, 2.24) is 9.97 Å². The van der Waals surface area contributed by atoms with E-state index in [0.717, 1.165) is 40.2 Å². The van der Waals surface area contributed by atoms with Crippen molar-refractivity contribution >= 4 is 34.0 Å². The van der Waals surface area contributed by atoms with Crippen LogP contribution in [-0.2, 0) is 6.42 Å². The maximum atomic E-state index is 6.02. The van der Waals surface area contributed by atoms with E-state index in [1.807, 2.05) is 60.7 Å². The van der Waals surface area contributed by atoms with Crippen LogP contribution in [0.2, 0.25) is 5.02 Å². The number of para-hydroxylation sites is 1. The Hall–Kier alpha value is -3.31. The van der Waals surface area contributed by atoms with Gasteiger partial charge in [-0.1, -0.05) is 29.8 Å². The number of nitrogen functional groups attached to an aromatic ring is 1. The summed E-state index contributed by atoms with van der Waals surface area (Å²) in [5.41, 5.74) is 8.55. The third-order valence-electron chi connectivity index (χ3n) is 4.36. The third-order valence-corrected chi connectivity index (χ3v) is 4.61. The average molecular weight is 391 g/mol. The number of hydrogen-bond acceptors (Lipinski definition) is 5. The number of benzene rings is 3. The summed E-state index contributed by atoms with van der Waals surface area (Å²) in [5, 5.41) is 4.98. The number of rotatable bonds is 6. The minimum absolute atomic E-state index is 0.683. The van der Waals surface area contributed by atoms with E-state index in [-0.39, 0.29) is 0 Å². The van der Waals surface area contributed by atoms with Gasteiger partial charge in [-0.3, -0.25) is 0 Å². The van der Waals surface area contributed by atoms with Gasteiger partial charge in [-0.15, -0.1) is 0 Å². The molecule has 0 fully saturated rings. The molecule has 28 heavy (non-hydrogen) atoms. The van der Waals surface area contributed by atoms with Crippen LogP contribution >= 0.6 is 11.6 Å². The summed E-state index contributed by atoms with van der Waals surface area (Å²) >= 11 is 5.94. The Balaban J connectivity index is 1.47. The van der Waals surface area contributed by atoms with Gasteiger partial charge in [-0.2, -0.15) is 0 Å². The van der Waals surface area contributed by atoms with Crippen molar-refractivity contribution in [3.8, 4) is 11.5 Å². The normalized spacial score (nSPS) is 10.8. The first kappa shape index (κ1) is 18.1. The molecule has 0 atom stereocenters. The average Bonchev–Trinajstić information content (AvgIpc) is 2.71. The summed E-state index contributed by atoms with van der Waals surface area (Å²) < 4.78 is 6.02. The van der Waals surface area contributed by atoms with Crippen molar-refractivity contribution in [1.29, 1.82) is 0 Å². The van der Waals surface area contributed by atoms with Crippen LogP contribution in [0, 0.1) is 0 Å². The highest BCUT2D eigenvalue weighted by Gasteiger charge is 2.07. The number of nitrogens with one attached hydrogen (secondary N) is 1. The van der Waals surface area contributed by atoms with Crippen LogP contribution in [0.3, 0.4) is 0 Å². The zero-order valence-electron chi connectivity index (χ0n) is 15.1. The molecule has 0 saturated heterocycles. The Morgan fingerprint density at radius 3 is 2.64 bits per heavy atom. The summed E-state index contributed by atoms with van der Waals surface area (Å²) in [6, 6.07) is 20.9. The lowest BCUT2D eigenvalue weighted by Crippen LogP contribution is -2.08. The maximum absolute atomic E-state index is 6.02. The Morgan fingerprint density at radius 1 is 0.964 bits per heavy atom. The van der Waals surface area contributed by atoms with Crippen molar-refractivity contribution in [2.24, 2.45) is 0 Å². The molecule has 3 N–H and O–H groups in total. The number of ether oxygens (including phenoxy) is 1. The smallest absolute Gasteiger partial charge is 0.137 e. The monoisotopic (exact) mass is 390 g/mol. The Kier molecular flexibility index (Phi) is 5.26. The molecule has 0 aliphatic rings. The molecule has 1 aromatic heterocycles. The van der Waals surface area contributed by atoms with Crippen molar-refractivity contribution < 1.29 is 4.74 Å². The number of hydrogen-bond donors (Lipinski definition) is 2. The first-order valence-electron chi connectivity index (χ1n) is 8.94. The largest absolute Gasteiger partial charge is 0.457 e. The van der Waals surface area contributed by atoms with Gasteiger partial charge < -0.3 is 15.8 Å². The summed E-state index contributed by atoms with van der Waals surface area (Å²) in [6.45, 7) is 0.696. The van der Waals surface area contributed by atoms with E-state index < -0.39 is 0 Å². The number of anilines is 2. The van der Waals surface area contributed by atoms with Gasteiger partial charge >= 0.3 is 0 Å². The standard InChI is InChI=1S/C22H19ClN4O/c23-16-5-8-18(9-6-16)28-21-4-2-1-3-15(21)11-12-25-22-19-13-17(24)7-10-20(19)26-14-27-22/h1-10,13-14H,11-12,24H2,(H,25,26,27). The fourth-order valence-corrected chi connectivity index (χ4v) is 3.10. The van der Waals surface area contributed by atoms with Gasteiger partial charge in [0.2, 0.25) is 0 Å². The van der Waals surface area contributed by atoms with E-state index in [9.17, 15) is 0 Å². The lowest BCUT2D eigenvalue weighted by atomic mass is 10.1. The molecule has 0 bridgehead atoms. The molecule has 4 aromatic rings. The Morgan fingerprint density at radius 2 is 1.79 bits per heavy atom. The minimum Gasteiger partial charge on any atom is -0.457 e. The van der Waals surface area contributed by atoms with E-state index in [1.165, 1.54) is 0 Å². The van der Waals surface area contributed by atoms with Crippen molar-refractivity contribution in [3.63, 3.8) is 0 Å². The van der Waals surface area contributed by atoms with Crippen molar-refractivity contribution in [3.05, 3.63) is 83.6 Å². The predicted octanol–water partition coefficient (Wildman–Crippen LogP) is 5.31. The fraction of sp³-hybridized carbons (Fsp3) is 0.0909. The van der Waals surface area contributed by atoms with Crippen LogP contribution in [0.4, 0.5) is 11.5 Å². The van der Waals surface area contributed by atoms with E-state index in [0.29, 0.717) is 17.3 Å². The molecule has 0 amide bonds. The molecule has 6 heteroatoms. The lowest BCUT2D eigenvalue weighted by Gasteiger charge is -2.12. The highest BCUT2D eigenvalue weighted by Crippen LogP contribution is 2.27. The van der Waals surface area contributed by atoms with Gasteiger partial charge in [0.05, 0.1) is 5.52 Å². The molecule has 0 radical (unpaired) electrons. The van der Waals surface area contributed by atoms with Crippen molar-refractivity contribution in [2.45, 2.75) is 6.42 Å². The highest BCUT2D eigenvalue weighted by molar-refractivity contribution is 6.30. The van der Waals surface area contributed by atoms with Gasteiger partial charge in [-0.05, 0) is 60.5 Å². The molecule has 4 rings (SSSR count). The predicted molar refractivity (Wildman–Crippen MR) is 114 cm³/mol. The number of nitrogens with zero attached hydrogens (tertiary/aromatic N) is 2. The maximum Gasteiger partial charge on any atom is 0.137 e. The molecule has 0 unspecified atom stereocenters. The van der Waals surface area contributed by atoms with Gasteiger partial charge in [0.1, 0.15) is 23.6 Å². The van der Waals surface area contributed by atoms with Gasteiger partial charge in [0.25, 0.3) is 0 Å². The zero-order valence-corrected chi connectivity index (χ0v) is 15.9. The second-order valence-electron chi connectivity index (χ2n) is 6.34. The zero-order chi connectivity index (χ0) is 19.3. The second-order valence-corrected chi connectivity index (χ2v) is 6.78. The van der Waals surface area contributed by atoms with E-state index in [1.54, 1.807) is 6.33 Å². The first-order valence-corrected chi connectivity index (χ1v) is 9.32. The second kappa shape index (κ2) is 8.15. The molecule has 5 nitrogen and oxygen atoms in total. The number of aromatic nitrogens is 2. The van der Waals surface area contributed by atoms with Crippen LogP contribution < -0.4 is 15.8 Å². The summed E-state index contributed by atoms with van der Waals surface area (Å²) in [4.78, 5) is 8.64. The molecule has 3 aromatic carbocycles. The molecular formula is C22H19ClN4O. The number of nitrogens with two attached hydrogens (primary N) is 1. The van der Waals surface area contributed by atoms with Crippen LogP contribution in [0.15, 0.2) is 73.1 Å². The molecule has 0 aliphatic heterocycles. The topological polar surface area (TPSA) is 73.1 Å². The molecule has 0 spiro atoms. The number of halogens is 1. The lowest BCUT2D eigenvalue weighted by molar-refractivity contribution is 0.476. The number of fused-ring (bicyclic) bond motifs is 1. The molecule has 1 heterocycles. The van der Waals surface area contributed by atoms with Crippen molar-refractivity contribution in [2.75, 3.05) is 17.6 Å². The van der Waals surface area contributed by atoms with E-state index in [4.69, 9.17) is 22.1 Å². The van der Waals surface area contributed by atoms with Gasteiger partial charge in [0.15, 0.2) is 0 Å². The van der Waals surface area contributed by atoms with Crippen LogP contribution in [0.5, 0.6) is 11.5 Å². The van der Waals surface area contributed by atoms with Crippen LogP contribution in [-0.4, -0.2) is 16.5 Å². The molecule has 0 aliphatic carbocycles. The van der Waals surface area contributed by atoms with Gasteiger partial charge in [-0.25, -0.2) is 9.97 Å². The van der Waals surface area contributed by atoms with E-state index in [2.05, 4.69) is 21.4 Å². The Labute approximate surface area is 168 Å². The first-order chi connectivity index (χ1) is 13.7. The van der Waals surface area contributed by atoms with Crippen LogP contribution in [0.1, 0.15) is 5.56 Å². The molecule has 0 saturated carbocycles. The molecular weight excluding hydrogens is 372 g/mol. The van der Waals surface area contributed by atoms with E-state index >= 15 is 0 Å². The minimum atomic E-state index is 0.683. The third kappa shape index (κ3) is 4.15. The summed E-state index contributed by atoms with van der Waals surface area (Å²) in [7, 11) is 0. The highest BCUT2D eigenvalue weighted by atomic mass is 35.5. The molecule has 140 valence electrons. The van der Waals surface area contributed by atoms with Crippen LogP contribution in [0.25, 0.3) is 10.9 Å². The van der Waals surface area contributed by atoms with Gasteiger partial charge in [0, 0.05) is 22.6 Å². The summed E-state index contributed by atoms with van der Waals surface area (Å²) in [6.07, 6.45) is 2.33.